The van der Waals surface area contributed by atoms with Gasteiger partial charge in [-0.3, -0.25) is 9.69 Å². The van der Waals surface area contributed by atoms with E-state index in [9.17, 15) is 4.79 Å². The summed E-state index contributed by atoms with van der Waals surface area (Å²) in [5.41, 5.74) is 6.57. The van der Waals surface area contributed by atoms with Crippen molar-refractivity contribution in [3.63, 3.8) is 0 Å². The molecule has 4 rings (SSSR count). The molecule has 0 aromatic heterocycles. The lowest BCUT2D eigenvalue weighted by Gasteiger charge is -2.26. The van der Waals surface area contributed by atoms with Crippen LogP contribution in [0.15, 0.2) is 77.9 Å². The number of hydrogen-bond donors (Lipinski definition) is 0. The summed E-state index contributed by atoms with van der Waals surface area (Å²) in [6, 6.07) is 24.4. The molecule has 3 aromatic rings. The summed E-state index contributed by atoms with van der Waals surface area (Å²) in [5.74, 6) is 0.781. The van der Waals surface area contributed by atoms with E-state index in [1.54, 1.807) is 12.1 Å². The lowest BCUT2D eigenvalue weighted by atomic mass is 9.94. The van der Waals surface area contributed by atoms with Crippen LogP contribution in [0.4, 0.5) is 0 Å². The van der Waals surface area contributed by atoms with Crippen molar-refractivity contribution in [3.05, 3.63) is 101 Å². The summed E-state index contributed by atoms with van der Waals surface area (Å²) in [7, 11) is 3.63. The zero-order valence-corrected chi connectivity index (χ0v) is 19.8. The number of carbonyl (C=O) groups is 1. The number of rotatable bonds is 7. The van der Waals surface area contributed by atoms with Gasteiger partial charge in [-0.1, -0.05) is 66.2 Å². The third-order valence-corrected chi connectivity index (χ3v) is 6.06. The molecule has 1 heterocycles. The molecule has 1 aliphatic heterocycles. The first kappa shape index (κ1) is 22.7. The number of amides is 1. The predicted molar refractivity (Wildman–Crippen MR) is 132 cm³/mol. The van der Waals surface area contributed by atoms with Gasteiger partial charge in [0.2, 0.25) is 0 Å². The Morgan fingerprint density at radius 3 is 2.61 bits per heavy atom. The molecule has 0 radical (unpaired) electrons. The predicted octanol–water partition coefficient (Wildman–Crippen LogP) is 5.12. The molecule has 0 fully saturated rings. The van der Waals surface area contributed by atoms with Crippen LogP contribution in [0.3, 0.4) is 0 Å². The van der Waals surface area contributed by atoms with Crippen molar-refractivity contribution >= 4 is 11.6 Å². The second-order valence-electron chi connectivity index (χ2n) is 8.75. The van der Waals surface area contributed by atoms with Crippen molar-refractivity contribution < 1.29 is 9.53 Å². The number of likely N-dealkylation sites (N-methyl/N-ethyl adjacent to an activating group) is 1. The summed E-state index contributed by atoms with van der Waals surface area (Å²) in [4.78, 5) is 15.5. The molecule has 1 atom stereocenters. The van der Waals surface area contributed by atoms with Crippen LogP contribution >= 0.6 is 0 Å². The summed E-state index contributed by atoms with van der Waals surface area (Å²) in [5, 5.41) is 6.53. The standard InChI is InChI=1S/C28H31N3O2/c1-20-13-14-21(2)25(15-20)27-17-26(23-11-8-12-24(16-23)33-4)29-31(27)28(32)19-30(3)18-22-9-6-5-7-10-22/h5-16,27H,17-19H2,1-4H3. The van der Waals surface area contributed by atoms with Crippen LogP contribution in [0.1, 0.15) is 40.3 Å². The molecular weight excluding hydrogens is 410 g/mol. The Morgan fingerprint density at radius 2 is 1.85 bits per heavy atom. The molecule has 0 N–H and O–H groups in total. The fourth-order valence-corrected chi connectivity index (χ4v) is 4.33. The average Bonchev–Trinajstić information content (AvgIpc) is 3.27. The molecular formula is C28H31N3O2. The molecule has 3 aromatic carbocycles. The summed E-state index contributed by atoms with van der Waals surface area (Å²) >= 11 is 0. The lowest BCUT2D eigenvalue weighted by Crippen LogP contribution is -2.36. The van der Waals surface area contributed by atoms with Crippen LogP contribution in [0, 0.1) is 13.8 Å². The van der Waals surface area contributed by atoms with Crippen molar-refractivity contribution in [3.8, 4) is 5.75 Å². The number of nitrogens with zero attached hydrogens (tertiary/aromatic N) is 3. The van der Waals surface area contributed by atoms with Crippen LogP contribution in [-0.2, 0) is 11.3 Å². The quantitative estimate of drug-likeness (QED) is 0.511. The van der Waals surface area contributed by atoms with Crippen molar-refractivity contribution in [1.82, 2.24) is 9.91 Å². The van der Waals surface area contributed by atoms with Crippen LogP contribution < -0.4 is 4.74 Å². The highest BCUT2D eigenvalue weighted by Gasteiger charge is 2.34. The van der Waals surface area contributed by atoms with E-state index in [1.165, 1.54) is 16.7 Å². The van der Waals surface area contributed by atoms with Gasteiger partial charge in [0, 0.05) is 18.5 Å². The fraction of sp³-hybridized carbons (Fsp3) is 0.286. The molecule has 1 amide bonds. The van der Waals surface area contributed by atoms with Gasteiger partial charge < -0.3 is 4.74 Å². The molecule has 0 aliphatic carbocycles. The van der Waals surface area contributed by atoms with Gasteiger partial charge in [-0.2, -0.15) is 5.10 Å². The Morgan fingerprint density at radius 1 is 1.06 bits per heavy atom. The zero-order chi connectivity index (χ0) is 23.4. The largest absolute Gasteiger partial charge is 0.497 e. The molecule has 1 unspecified atom stereocenters. The van der Waals surface area contributed by atoms with Crippen LogP contribution in [0.25, 0.3) is 0 Å². The van der Waals surface area contributed by atoms with Crippen molar-refractivity contribution in [2.45, 2.75) is 32.9 Å². The second kappa shape index (κ2) is 10.0. The Labute approximate surface area is 196 Å². The maximum absolute atomic E-state index is 13.5. The molecule has 0 spiro atoms. The first-order valence-corrected chi connectivity index (χ1v) is 11.3. The van der Waals surface area contributed by atoms with Gasteiger partial charge in [0.1, 0.15) is 5.75 Å². The molecule has 0 saturated carbocycles. The highest BCUT2D eigenvalue weighted by Crippen LogP contribution is 2.35. The average molecular weight is 442 g/mol. The van der Waals surface area contributed by atoms with Crippen molar-refractivity contribution in [2.24, 2.45) is 5.10 Å². The highest BCUT2D eigenvalue weighted by atomic mass is 16.5. The van der Waals surface area contributed by atoms with Crippen molar-refractivity contribution in [2.75, 3.05) is 20.7 Å². The number of hydrogen-bond acceptors (Lipinski definition) is 4. The molecule has 0 saturated heterocycles. The molecule has 170 valence electrons. The van der Waals surface area contributed by atoms with E-state index in [-0.39, 0.29) is 11.9 Å². The Hall–Kier alpha value is -3.44. The topological polar surface area (TPSA) is 45.1 Å². The zero-order valence-electron chi connectivity index (χ0n) is 19.8. The fourth-order valence-electron chi connectivity index (χ4n) is 4.33. The number of ether oxygens (including phenoxy) is 1. The van der Waals surface area contributed by atoms with Gasteiger partial charge in [0.05, 0.1) is 25.4 Å². The molecule has 33 heavy (non-hydrogen) atoms. The van der Waals surface area contributed by atoms with E-state index >= 15 is 0 Å². The molecule has 5 heteroatoms. The van der Waals surface area contributed by atoms with Gasteiger partial charge in [-0.25, -0.2) is 5.01 Å². The number of methoxy groups -OCH3 is 1. The van der Waals surface area contributed by atoms with Crippen LogP contribution in [-0.4, -0.2) is 42.2 Å². The summed E-state index contributed by atoms with van der Waals surface area (Å²) in [6.45, 7) is 5.19. The number of aryl methyl sites for hydroxylation is 2. The van der Waals surface area contributed by atoms with Gasteiger partial charge >= 0.3 is 0 Å². The van der Waals surface area contributed by atoms with E-state index in [4.69, 9.17) is 9.84 Å². The first-order valence-electron chi connectivity index (χ1n) is 11.3. The Balaban J connectivity index is 1.61. The van der Waals surface area contributed by atoms with Gasteiger partial charge in [0.15, 0.2) is 0 Å². The third-order valence-electron chi connectivity index (χ3n) is 6.06. The minimum atomic E-state index is -0.122. The Kier molecular flexibility index (Phi) is 6.90. The van der Waals surface area contributed by atoms with Crippen LogP contribution in [0.2, 0.25) is 0 Å². The minimum absolute atomic E-state index is 0.00256. The van der Waals surface area contributed by atoms with E-state index in [1.807, 2.05) is 54.4 Å². The minimum Gasteiger partial charge on any atom is -0.497 e. The van der Waals surface area contributed by atoms with Crippen molar-refractivity contribution in [1.29, 1.82) is 0 Å². The maximum atomic E-state index is 13.5. The van der Waals surface area contributed by atoms with E-state index < -0.39 is 0 Å². The summed E-state index contributed by atoms with van der Waals surface area (Å²) in [6.07, 6.45) is 0.672. The van der Waals surface area contributed by atoms with E-state index in [2.05, 4.69) is 44.2 Å². The smallest absolute Gasteiger partial charge is 0.257 e. The molecule has 1 aliphatic rings. The SMILES string of the molecule is COc1cccc(C2=NN(C(=O)CN(C)Cc3ccccc3)C(c3cc(C)ccc3C)C2)c1. The first-order chi connectivity index (χ1) is 15.9. The number of carbonyl (C=O) groups excluding carboxylic acids is 1. The van der Waals surface area contributed by atoms with Crippen LogP contribution in [0.5, 0.6) is 5.75 Å². The van der Waals surface area contributed by atoms with E-state index in [0.29, 0.717) is 19.5 Å². The van der Waals surface area contributed by atoms with Gasteiger partial charge in [-0.15, -0.1) is 0 Å². The summed E-state index contributed by atoms with van der Waals surface area (Å²) < 4.78 is 5.40. The normalized spacial score (nSPS) is 15.6. The number of benzene rings is 3. The van der Waals surface area contributed by atoms with Gasteiger partial charge in [-0.05, 0) is 49.7 Å². The molecule has 5 nitrogen and oxygen atoms in total. The Bertz CT molecular complexity index is 1160. The van der Waals surface area contributed by atoms with E-state index in [0.717, 1.165) is 22.6 Å². The molecule has 0 bridgehead atoms. The number of hydrazone groups is 1. The van der Waals surface area contributed by atoms with Gasteiger partial charge in [0.25, 0.3) is 5.91 Å². The monoisotopic (exact) mass is 441 g/mol. The second-order valence-corrected chi connectivity index (χ2v) is 8.75. The third kappa shape index (κ3) is 5.32. The maximum Gasteiger partial charge on any atom is 0.257 e. The highest BCUT2D eigenvalue weighted by molar-refractivity contribution is 6.03. The lowest BCUT2D eigenvalue weighted by molar-refractivity contribution is -0.134.